The number of benzene rings is 2. The number of amides is 4. The minimum atomic E-state index is -0.637. The van der Waals surface area contributed by atoms with Crippen molar-refractivity contribution in [2.45, 2.75) is 38.8 Å². The number of rotatable bonds is 7. The van der Waals surface area contributed by atoms with E-state index in [-0.39, 0.29) is 24.4 Å². The Bertz CT molecular complexity index is 849. The Hall–Kier alpha value is -3.15. The molecule has 0 bridgehead atoms. The summed E-state index contributed by atoms with van der Waals surface area (Å²) in [5.41, 5.74) is 3.16. The minimum Gasteiger partial charge on any atom is -0.348 e. The van der Waals surface area contributed by atoms with Gasteiger partial charge in [-0.3, -0.25) is 14.5 Å². The zero-order chi connectivity index (χ0) is 20.1. The van der Waals surface area contributed by atoms with Gasteiger partial charge >= 0.3 is 6.03 Å². The van der Waals surface area contributed by atoms with Gasteiger partial charge in [-0.25, -0.2) is 4.79 Å². The minimum absolute atomic E-state index is 0.209. The van der Waals surface area contributed by atoms with Gasteiger partial charge in [0, 0.05) is 6.42 Å². The number of aryl methyl sites for hydroxylation is 1. The van der Waals surface area contributed by atoms with E-state index in [9.17, 15) is 14.4 Å². The lowest BCUT2D eigenvalue weighted by atomic mass is 10.0. The second-order valence-electron chi connectivity index (χ2n) is 7.00. The van der Waals surface area contributed by atoms with Crippen molar-refractivity contribution < 1.29 is 14.4 Å². The van der Waals surface area contributed by atoms with Crippen LogP contribution in [0.2, 0.25) is 0 Å². The van der Waals surface area contributed by atoms with Crippen LogP contribution < -0.4 is 10.6 Å². The summed E-state index contributed by atoms with van der Waals surface area (Å²) in [6, 6.07) is 16.1. The maximum Gasteiger partial charge on any atom is 0.325 e. The van der Waals surface area contributed by atoms with Crippen molar-refractivity contribution in [1.29, 1.82) is 0 Å². The Morgan fingerprint density at radius 3 is 2.39 bits per heavy atom. The van der Waals surface area contributed by atoms with E-state index in [1.54, 1.807) is 0 Å². The maximum absolute atomic E-state index is 12.5. The third-order valence-corrected chi connectivity index (χ3v) is 4.96. The van der Waals surface area contributed by atoms with Gasteiger partial charge in [0.15, 0.2) is 0 Å². The van der Waals surface area contributed by atoms with Crippen molar-refractivity contribution >= 4 is 17.8 Å². The highest BCUT2D eigenvalue weighted by Gasteiger charge is 2.38. The molecule has 1 heterocycles. The Labute approximate surface area is 164 Å². The van der Waals surface area contributed by atoms with Gasteiger partial charge in [0.1, 0.15) is 12.6 Å². The van der Waals surface area contributed by atoms with Crippen molar-refractivity contribution in [3.8, 4) is 0 Å². The van der Waals surface area contributed by atoms with Gasteiger partial charge in [-0.1, -0.05) is 61.5 Å². The normalized spacial score (nSPS) is 17.4. The molecule has 1 fully saturated rings. The molecule has 2 atom stereocenters. The van der Waals surface area contributed by atoms with E-state index >= 15 is 0 Å². The van der Waals surface area contributed by atoms with Crippen molar-refractivity contribution in [1.82, 2.24) is 15.5 Å². The third-order valence-electron chi connectivity index (χ3n) is 4.96. The predicted molar refractivity (Wildman–Crippen MR) is 107 cm³/mol. The third kappa shape index (κ3) is 4.57. The van der Waals surface area contributed by atoms with Gasteiger partial charge in [0.05, 0.1) is 6.04 Å². The molecule has 2 aromatic carbocycles. The SMILES string of the molecule is CCc1ccc([C@@H](C)NC(=O)CN2C(=O)N[C@H](Cc3ccccc3)C2=O)cc1. The summed E-state index contributed by atoms with van der Waals surface area (Å²) in [4.78, 5) is 38.1. The first-order chi connectivity index (χ1) is 13.5. The quantitative estimate of drug-likeness (QED) is 0.726. The average molecular weight is 379 g/mol. The molecule has 1 aliphatic rings. The van der Waals surface area contributed by atoms with Gasteiger partial charge in [0.2, 0.25) is 5.91 Å². The van der Waals surface area contributed by atoms with E-state index in [4.69, 9.17) is 0 Å². The topological polar surface area (TPSA) is 78.5 Å². The fraction of sp³-hybridized carbons (Fsp3) is 0.318. The van der Waals surface area contributed by atoms with Crippen LogP contribution >= 0.6 is 0 Å². The van der Waals surface area contributed by atoms with Crippen LogP contribution in [0.15, 0.2) is 54.6 Å². The van der Waals surface area contributed by atoms with E-state index in [0.29, 0.717) is 6.42 Å². The lowest BCUT2D eigenvalue weighted by Gasteiger charge is -2.17. The van der Waals surface area contributed by atoms with Crippen LogP contribution in [-0.4, -0.2) is 35.3 Å². The lowest BCUT2D eigenvalue weighted by molar-refractivity contribution is -0.132. The molecule has 0 radical (unpaired) electrons. The first kappa shape index (κ1) is 19.6. The molecule has 6 nitrogen and oxygen atoms in total. The van der Waals surface area contributed by atoms with Crippen LogP contribution in [0, 0.1) is 0 Å². The molecule has 2 N–H and O–H groups in total. The molecule has 4 amide bonds. The number of hydrogen-bond donors (Lipinski definition) is 2. The van der Waals surface area contributed by atoms with Crippen molar-refractivity contribution in [2.75, 3.05) is 6.54 Å². The number of hydrogen-bond acceptors (Lipinski definition) is 3. The fourth-order valence-corrected chi connectivity index (χ4v) is 3.27. The highest BCUT2D eigenvalue weighted by Crippen LogP contribution is 2.15. The van der Waals surface area contributed by atoms with Crippen LogP contribution in [-0.2, 0) is 22.4 Å². The second-order valence-corrected chi connectivity index (χ2v) is 7.00. The number of imide groups is 1. The highest BCUT2D eigenvalue weighted by atomic mass is 16.2. The zero-order valence-corrected chi connectivity index (χ0v) is 16.1. The van der Waals surface area contributed by atoms with Crippen LogP contribution in [0.25, 0.3) is 0 Å². The molecule has 0 unspecified atom stereocenters. The molecule has 0 saturated carbocycles. The Morgan fingerprint density at radius 2 is 1.75 bits per heavy atom. The molecule has 0 aliphatic carbocycles. The van der Waals surface area contributed by atoms with E-state index in [2.05, 4.69) is 17.6 Å². The van der Waals surface area contributed by atoms with Crippen LogP contribution in [0.3, 0.4) is 0 Å². The summed E-state index contributed by atoms with van der Waals surface area (Å²) in [6.07, 6.45) is 1.36. The maximum atomic E-state index is 12.5. The van der Waals surface area contributed by atoms with Gasteiger partial charge in [-0.15, -0.1) is 0 Å². The van der Waals surface area contributed by atoms with E-state index < -0.39 is 12.1 Å². The zero-order valence-electron chi connectivity index (χ0n) is 16.1. The molecule has 0 spiro atoms. The molecule has 0 aromatic heterocycles. The van der Waals surface area contributed by atoms with Crippen LogP contribution in [0.5, 0.6) is 0 Å². The number of urea groups is 1. The van der Waals surface area contributed by atoms with Gasteiger partial charge in [-0.05, 0) is 30.0 Å². The van der Waals surface area contributed by atoms with Crippen molar-refractivity contribution in [3.05, 3.63) is 71.3 Å². The van der Waals surface area contributed by atoms with Gasteiger partial charge in [0.25, 0.3) is 5.91 Å². The number of nitrogens with zero attached hydrogens (tertiary/aromatic N) is 1. The monoisotopic (exact) mass is 379 g/mol. The molecular weight excluding hydrogens is 354 g/mol. The first-order valence-corrected chi connectivity index (χ1v) is 9.52. The first-order valence-electron chi connectivity index (χ1n) is 9.52. The molecule has 1 saturated heterocycles. The molecule has 2 aromatic rings. The summed E-state index contributed by atoms with van der Waals surface area (Å²) in [6.45, 7) is 3.68. The Kier molecular flexibility index (Phi) is 6.09. The van der Waals surface area contributed by atoms with Gasteiger partial charge in [-0.2, -0.15) is 0 Å². The molecule has 146 valence electrons. The Morgan fingerprint density at radius 1 is 1.07 bits per heavy atom. The van der Waals surface area contributed by atoms with E-state index in [0.717, 1.165) is 22.4 Å². The van der Waals surface area contributed by atoms with Crippen LogP contribution in [0.4, 0.5) is 4.79 Å². The summed E-state index contributed by atoms with van der Waals surface area (Å²) in [7, 11) is 0. The lowest BCUT2D eigenvalue weighted by Crippen LogP contribution is -2.42. The standard InChI is InChI=1S/C22H25N3O3/c1-3-16-9-11-18(12-10-16)15(2)23-20(26)14-25-21(27)19(24-22(25)28)13-17-7-5-4-6-8-17/h4-12,15,19H,3,13-14H2,1-2H3,(H,23,26)(H,24,28)/t15-,19-/m1/s1. The smallest absolute Gasteiger partial charge is 0.325 e. The predicted octanol–water partition coefficient (Wildman–Crippen LogP) is 2.59. The summed E-state index contributed by atoms with van der Waals surface area (Å²) in [5.74, 6) is -0.736. The molecule has 3 rings (SSSR count). The molecule has 1 aliphatic heterocycles. The van der Waals surface area contributed by atoms with Crippen LogP contribution in [0.1, 0.15) is 36.6 Å². The summed E-state index contributed by atoms with van der Waals surface area (Å²) >= 11 is 0. The van der Waals surface area contributed by atoms with E-state index in [1.165, 1.54) is 5.56 Å². The van der Waals surface area contributed by atoms with Crippen molar-refractivity contribution in [3.63, 3.8) is 0 Å². The second kappa shape index (κ2) is 8.69. The number of carbonyl (C=O) groups is 3. The van der Waals surface area contributed by atoms with Gasteiger partial charge < -0.3 is 10.6 Å². The summed E-state index contributed by atoms with van der Waals surface area (Å²) < 4.78 is 0. The molecule has 28 heavy (non-hydrogen) atoms. The Balaban J connectivity index is 1.57. The number of nitrogens with one attached hydrogen (secondary N) is 2. The largest absolute Gasteiger partial charge is 0.348 e. The number of carbonyl (C=O) groups excluding carboxylic acids is 3. The van der Waals surface area contributed by atoms with E-state index in [1.807, 2.05) is 61.5 Å². The fourth-order valence-electron chi connectivity index (χ4n) is 3.27. The molecular formula is C22H25N3O3. The van der Waals surface area contributed by atoms with Crippen molar-refractivity contribution in [2.24, 2.45) is 0 Å². The highest BCUT2D eigenvalue weighted by molar-refractivity contribution is 6.06. The molecule has 6 heteroatoms. The average Bonchev–Trinajstić information content (AvgIpc) is 2.96. The summed E-state index contributed by atoms with van der Waals surface area (Å²) in [5, 5.41) is 5.52.